The molecule has 1 aliphatic heterocycles. The second kappa shape index (κ2) is 7.14. The van der Waals surface area contributed by atoms with E-state index in [4.69, 9.17) is 17.0 Å². The topological polar surface area (TPSA) is 53.6 Å². The summed E-state index contributed by atoms with van der Waals surface area (Å²) >= 11 is 5.27. The molecular weight excluding hydrogens is 322 g/mol. The number of hydrogen-bond donors (Lipinski definition) is 2. The van der Waals surface area contributed by atoms with Gasteiger partial charge in [0.2, 0.25) is 0 Å². The van der Waals surface area contributed by atoms with Crippen molar-refractivity contribution in [2.75, 3.05) is 19.1 Å². The Balaban J connectivity index is 1.72. The van der Waals surface area contributed by atoms with E-state index in [0.29, 0.717) is 16.6 Å². The fourth-order valence-corrected chi connectivity index (χ4v) is 2.64. The summed E-state index contributed by atoms with van der Waals surface area (Å²) in [6.45, 7) is 0.261. The first-order chi connectivity index (χ1) is 11.7. The smallest absolute Gasteiger partial charge is 0.278 e. The summed E-state index contributed by atoms with van der Waals surface area (Å²) in [6, 6.07) is 17.2. The van der Waals surface area contributed by atoms with Crippen molar-refractivity contribution < 1.29 is 9.53 Å². The third-order valence-electron chi connectivity index (χ3n) is 3.61. The van der Waals surface area contributed by atoms with E-state index in [1.165, 1.54) is 4.90 Å². The van der Waals surface area contributed by atoms with Crippen LogP contribution in [0.25, 0.3) is 6.08 Å². The number of nitrogens with zero attached hydrogens (tertiary/aromatic N) is 1. The number of amides is 1. The Morgan fingerprint density at radius 2 is 1.88 bits per heavy atom. The van der Waals surface area contributed by atoms with E-state index in [2.05, 4.69) is 10.6 Å². The second-order valence-electron chi connectivity index (χ2n) is 5.17. The quantitative estimate of drug-likeness (QED) is 0.648. The van der Waals surface area contributed by atoms with Crippen molar-refractivity contribution in [3.05, 3.63) is 65.9 Å². The minimum atomic E-state index is -0.161. The normalized spacial score (nSPS) is 15.5. The highest BCUT2D eigenvalue weighted by Gasteiger charge is 2.30. The molecule has 1 amide bonds. The lowest BCUT2D eigenvalue weighted by molar-refractivity contribution is -0.122. The van der Waals surface area contributed by atoms with Gasteiger partial charge in [-0.1, -0.05) is 42.5 Å². The Morgan fingerprint density at radius 3 is 2.62 bits per heavy atom. The molecule has 3 rings (SSSR count). The van der Waals surface area contributed by atoms with Crippen molar-refractivity contribution >= 4 is 35.0 Å². The number of anilines is 1. The predicted octanol–water partition coefficient (Wildman–Crippen LogP) is 2.82. The molecule has 0 spiro atoms. The summed E-state index contributed by atoms with van der Waals surface area (Å²) < 4.78 is 5.29. The van der Waals surface area contributed by atoms with Gasteiger partial charge in [-0.05, 0) is 36.0 Å². The maximum absolute atomic E-state index is 12.5. The Labute approximate surface area is 145 Å². The van der Waals surface area contributed by atoms with Crippen molar-refractivity contribution in [3.63, 3.8) is 0 Å². The van der Waals surface area contributed by atoms with Gasteiger partial charge in [-0.3, -0.25) is 9.69 Å². The summed E-state index contributed by atoms with van der Waals surface area (Å²) in [6.07, 6.45) is 1.79. The third-order valence-corrected chi connectivity index (χ3v) is 3.93. The van der Waals surface area contributed by atoms with Gasteiger partial charge in [-0.15, -0.1) is 0 Å². The summed E-state index contributed by atoms with van der Waals surface area (Å²) in [4.78, 5) is 14.0. The number of para-hydroxylation sites is 2. The van der Waals surface area contributed by atoms with Gasteiger partial charge >= 0.3 is 0 Å². The first kappa shape index (κ1) is 16.0. The number of nitrogens with one attached hydrogen (secondary N) is 2. The van der Waals surface area contributed by atoms with Gasteiger partial charge in [0, 0.05) is 0 Å². The molecule has 1 fully saturated rings. The van der Waals surface area contributed by atoms with Gasteiger partial charge in [0.15, 0.2) is 5.11 Å². The van der Waals surface area contributed by atoms with E-state index in [0.717, 1.165) is 11.3 Å². The second-order valence-corrected chi connectivity index (χ2v) is 5.55. The van der Waals surface area contributed by atoms with Crippen molar-refractivity contribution in [1.82, 2.24) is 10.2 Å². The maximum Gasteiger partial charge on any atom is 0.278 e. The molecule has 0 unspecified atom stereocenters. The van der Waals surface area contributed by atoms with Crippen LogP contribution in [0.4, 0.5) is 5.69 Å². The molecule has 0 aliphatic carbocycles. The van der Waals surface area contributed by atoms with Crippen LogP contribution in [0.3, 0.4) is 0 Å². The van der Waals surface area contributed by atoms with Crippen LogP contribution in [0.1, 0.15) is 5.56 Å². The van der Waals surface area contributed by atoms with Crippen molar-refractivity contribution in [3.8, 4) is 5.75 Å². The molecule has 0 aromatic heterocycles. The van der Waals surface area contributed by atoms with Gasteiger partial charge in [-0.2, -0.15) is 0 Å². The monoisotopic (exact) mass is 339 g/mol. The molecule has 2 N–H and O–H groups in total. The van der Waals surface area contributed by atoms with Crippen molar-refractivity contribution in [2.24, 2.45) is 0 Å². The van der Waals surface area contributed by atoms with Crippen LogP contribution in [0.2, 0.25) is 0 Å². The van der Waals surface area contributed by atoms with Crippen LogP contribution < -0.4 is 15.4 Å². The lowest BCUT2D eigenvalue weighted by Crippen LogP contribution is -2.35. The molecule has 2 aromatic carbocycles. The molecule has 24 heavy (non-hydrogen) atoms. The lowest BCUT2D eigenvalue weighted by atomic mass is 10.2. The molecule has 122 valence electrons. The number of thiocarbonyl (C=S) groups is 1. The van der Waals surface area contributed by atoms with Crippen LogP contribution in [-0.4, -0.2) is 29.7 Å². The van der Waals surface area contributed by atoms with Crippen molar-refractivity contribution in [2.45, 2.75) is 0 Å². The minimum Gasteiger partial charge on any atom is -0.495 e. The number of rotatable bonds is 5. The average molecular weight is 339 g/mol. The third kappa shape index (κ3) is 3.38. The highest BCUT2D eigenvalue weighted by molar-refractivity contribution is 7.80. The molecular formula is C18H17N3O2S. The van der Waals surface area contributed by atoms with Gasteiger partial charge in [0.05, 0.1) is 19.5 Å². The van der Waals surface area contributed by atoms with E-state index in [9.17, 15) is 4.79 Å². The molecule has 0 saturated carbocycles. The zero-order chi connectivity index (χ0) is 16.9. The summed E-state index contributed by atoms with van der Waals surface area (Å²) in [7, 11) is 1.61. The van der Waals surface area contributed by atoms with Crippen LogP contribution in [-0.2, 0) is 4.79 Å². The zero-order valence-corrected chi connectivity index (χ0v) is 14.0. The molecule has 0 radical (unpaired) electrons. The van der Waals surface area contributed by atoms with Crippen LogP contribution in [0.5, 0.6) is 5.75 Å². The summed E-state index contributed by atoms with van der Waals surface area (Å²) in [5.41, 5.74) is 2.21. The minimum absolute atomic E-state index is 0.161. The van der Waals surface area contributed by atoms with E-state index in [1.54, 1.807) is 13.2 Å². The number of carbonyl (C=O) groups excluding carboxylic acids is 1. The Morgan fingerprint density at radius 1 is 1.17 bits per heavy atom. The Hall–Kier alpha value is -2.86. The number of benzene rings is 2. The van der Waals surface area contributed by atoms with Crippen LogP contribution in [0, 0.1) is 0 Å². The molecule has 2 aromatic rings. The van der Waals surface area contributed by atoms with Crippen molar-refractivity contribution in [1.29, 1.82) is 0 Å². The molecule has 6 heteroatoms. The molecule has 0 atom stereocenters. The van der Waals surface area contributed by atoms with Gasteiger partial charge in [-0.25, -0.2) is 0 Å². The molecule has 5 nitrogen and oxygen atoms in total. The highest BCUT2D eigenvalue weighted by Crippen LogP contribution is 2.23. The predicted molar refractivity (Wildman–Crippen MR) is 98.5 cm³/mol. The summed E-state index contributed by atoms with van der Waals surface area (Å²) in [5.74, 6) is 0.550. The maximum atomic E-state index is 12.5. The van der Waals surface area contributed by atoms with E-state index in [-0.39, 0.29) is 12.6 Å². The van der Waals surface area contributed by atoms with E-state index < -0.39 is 0 Å². The zero-order valence-electron chi connectivity index (χ0n) is 13.2. The van der Waals surface area contributed by atoms with E-state index in [1.807, 2.05) is 54.6 Å². The highest BCUT2D eigenvalue weighted by atomic mass is 32.1. The fraction of sp³-hybridized carbons (Fsp3) is 0.111. The lowest BCUT2D eigenvalue weighted by Gasteiger charge is -2.17. The van der Waals surface area contributed by atoms with Gasteiger partial charge in [0.1, 0.15) is 11.4 Å². The van der Waals surface area contributed by atoms with Gasteiger partial charge in [0.25, 0.3) is 5.91 Å². The number of ether oxygens (including phenoxy) is 1. The average Bonchev–Trinajstić information content (AvgIpc) is 2.87. The number of hydrogen-bond acceptors (Lipinski definition) is 4. The fourth-order valence-electron chi connectivity index (χ4n) is 2.39. The van der Waals surface area contributed by atoms with Gasteiger partial charge < -0.3 is 15.4 Å². The summed E-state index contributed by atoms with van der Waals surface area (Å²) in [5, 5.41) is 6.52. The van der Waals surface area contributed by atoms with Crippen LogP contribution >= 0.6 is 12.2 Å². The largest absolute Gasteiger partial charge is 0.495 e. The Kier molecular flexibility index (Phi) is 4.77. The van der Waals surface area contributed by atoms with E-state index >= 15 is 0 Å². The molecule has 1 aliphatic rings. The molecule has 0 bridgehead atoms. The molecule has 1 heterocycles. The first-order valence-corrected chi connectivity index (χ1v) is 7.86. The standard InChI is InChI=1S/C18H17N3O2S/c1-23-16-10-6-5-9-14(16)19-12-21-17(22)15(20-18(21)24)11-13-7-3-2-4-8-13/h2-11,19H,12H2,1H3,(H,20,24)/b15-11-. The van der Waals surface area contributed by atoms with Crippen LogP contribution in [0.15, 0.2) is 60.3 Å². The molecule has 1 saturated heterocycles. The SMILES string of the molecule is COc1ccccc1NCN1C(=O)/C(=C/c2ccccc2)NC1=S. The number of methoxy groups -OCH3 is 1. The first-order valence-electron chi connectivity index (χ1n) is 7.45. The Bertz CT molecular complexity index is 790. The number of carbonyl (C=O) groups is 1.